The third kappa shape index (κ3) is 6.21. The van der Waals surface area contributed by atoms with Crippen molar-refractivity contribution in [2.75, 3.05) is 18.8 Å². The van der Waals surface area contributed by atoms with Gasteiger partial charge in [-0.15, -0.1) is 0 Å². The molecule has 0 aliphatic carbocycles. The smallest absolute Gasteiger partial charge is 0.262 e. The number of likely N-dealkylation sites (tertiary alicyclic amines) is 1. The minimum absolute atomic E-state index is 0.0659. The van der Waals surface area contributed by atoms with Crippen LogP contribution in [0.4, 0.5) is 18.9 Å². The molecule has 1 aliphatic heterocycles. The number of alkyl halides is 2. The Hall–Kier alpha value is -4.05. The summed E-state index contributed by atoms with van der Waals surface area (Å²) in [5.41, 5.74) is 9.71. The van der Waals surface area contributed by atoms with Crippen LogP contribution in [0, 0.1) is 18.2 Å². The summed E-state index contributed by atoms with van der Waals surface area (Å²) in [5.74, 6) is 2.22. The highest BCUT2D eigenvalue weighted by Gasteiger charge is 2.40. The lowest BCUT2D eigenvalue weighted by molar-refractivity contribution is -0.0724. The molecule has 1 aliphatic rings. The van der Waals surface area contributed by atoms with Crippen LogP contribution in [0.1, 0.15) is 34.2 Å². The first-order valence-corrected chi connectivity index (χ1v) is 11.7. The Labute approximate surface area is 213 Å². The van der Waals surface area contributed by atoms with E-state index in [4.69, 9.17) is 17.0 Å². The van der Waals surface area contributed by atoms with Gasteiger partial charge in [-0.1, -0.05) is 18.2 Å². The van der Waals surface area contributed by atoms with Crippen molar-refractivity contribution < 1.29 is 13.2 Å². The molecule has 0 spiro atoms. The molecule has 1 aromatic heterocycles. The fourth-order valence-corrected chi connectivity index (χ4v) is 4.44. The predicted molar refractivity (Wildman–Crippen MR) is 140 cm³/mol. The van der Waals surface area contributed by atoms with E-state index in [0.29, 0.717) is 33.5 Å². The molecule has 0 amide bonds. The molecule has 192 valence electrons. The molecule has 1 atom stereocenters. The summed E-state index contributed by atoms with van der Waals surface area (Å²) < 4.78 is 43.5. The van der Waals surface area contributed by atoms with E-state index in [1.807, 2.05) is 0 Å². The Morgan fingerprint density at radius 1 is 1.19 bits per heavy atom. The summed E-state index contributed by atoms with van der Waals surface area (Å²) in [4.78, 5) is 9.86. The molecule has 0 radical (unpaired) electrons. The molecule has 0 bridgehead atoms. The van der Waals surface area contributed by atoms with Crippen molar-refractivity contribution in [1.82, 2.24) is 9.88 Å². The van der Waals surface area contributed by atoms with Gasteiger partial charge in [0.15, 0.2) is 0 Å². The van der Waals surface area contributed by atoms with Gasteiger partial charge in [0.1, 0.15) is 11.5 Å². The molecule has 1 unspecified atom stereocenters. The number of halogens is 3. The van der Waals surface area contributed by atoms with Crippen molar-refractivity contribution in [1.29, 1.82) is 5.41 Å². The number of benzene rings is 2. The number of anilines is 1. The van der Waals surface area contributed by atoms with Crippen molar-refractivity contribution in [2.24, 2.45) is 15.9 Å². The number of aromatic nitrogens is 1. The average molecular weight is 508 g/mol. The molecular formula is C27H28F3N7. The van der Waals surface area contributed by atoms with Crippen molar-refractivity contribution in [2.45, 2.75) is 31.9 Å². The maximum absolute atomic E-state index is 14.6. The molecule has 10 heteroatoms. The number of nitrogens with zero attached hydrogens (tertiary/aromatic N) is 4. The molecule has 0 saturated carbocycles. The third-order valence-corrected chi connectivity index (χ3v) is 6.33. The van der Waals surface area contributed by atoms with Gasteiger partial charge in [-0.05, 0) is 42.8 Å². The highest BCUT2D eigenvalue weighted by molar-refractivity contribution is 6.38. The van der Waals surface area contributed by atoms with E-state index < -0.39 is 30.7 Å². The molecule has 1 fully saturated rings. The standard InChI is InChI=1S/C27H28F3N7/c1-17-3-2-4-23(28)22(17)15-37-14-20(12-27(29,30)16-37)35-13-25(36-33)19-5-6-24(31)21(11-19)26(32)18-7-9-34-10-8-18/h2-11,13,20,32H,12,14-16,31,33H2,1H3. The summed E-state index contributed by atoms with van der Waals surface area (Å²) in [6.07, 6.45) is 4.10. The Kier molecular flexibility index (Phi) is 7.68. The second kappa shape index (κ2) is 10.9. The van der Waals surface area contributed by atoms with Crippen LogP contribution in [0.3, 0.4) is 0 Å². The summed E-state index contributed by atoms with van der Waals surface area (Å²) in [6.45, 7) is 1.59. The molecule has 7 nitrogen and oxygen atoms in total. The summed E-state index contributed by atoms with van der Waals surface area (Å²) in [6, 6.07) is 12.3. The molecule has 2 aromatic carbocycles. The number of aryl methyl sites for hydroxylation is 1. The number of rotatable bonds is 7. The minimum atomic E-state index is -2.98. The van der Waals surface area contributed by atoms with Crippen LogP contribution in [-0.4, -0.2) is 52.6 Å². The molecule has 37 heavy (non-hydrogen) atoms. The number of hydrogen-bond acceptors (Lipinski definition) is 7. The van der Waals surface area contributed by atoms with Crippen LogP contribution in [-0.2, 0) is 6.54 Å². The van der Waals surface area contributed by atoms with Gasteiger partial charge in [0.05, 0.1) is 18.3 Å². The van der Waals surface area contributed by atoms with E-state index in [2.05, 4.69) is 15.1 Å². The molecule has 2 heterocycles. The van der Waals surface area contributed by atoms with E-state index >= 15 is 0 Å². The summed E-state index contributed by atoms with van der Waals surface area (Å²) in [7, 11) is 0. The fourth-order valence-electron chi connectivity index (χ4n) is 4.44. The SMILES string of the molecule is Cc1cccc(F)c1CN1CC(N=CC(=NN)c2ccc(N)c(C(=N)c3ccncc3)c2)CC(F)(F)C1. The number of aliphatic imine (C=N–C) groups is 1. The van der Waals surface area contributed by atoms with Crippen LogP contribution in [0.5, 0.6) is 0 Å². The Balaban J connectivity index is 1.54. The number of hydrazone groups is 1. The number of piperidine rings is 1. The Morgan fingerprint density at radius 3 is 2.65 bits per heavy atom. The van der Waals surface area contributed by atoms with Crippen molar-refractivity contribution in [3.05, 3.63) is 94.6 Å². The molecule has 5 N–H and O–H groups in total. The van der Waals surface area contributed by atoms with Gasteiger partial charge in [0.25, 0.3) is 5.92 Å². The highest BCUT2D eigenvalue weighted by Crippen LogP contribution is 2.30. The topological polar surface area (TPSA) is 117 Å². The quantitative estimate of drug-likeness (QED) is 0.193. The van der Waals surface area contributed by atoms with E-state index in [1.54, 1.807) is 61.8 Å². The van der Waals surface area contributed by atoms with Gasteiger partial charge in [0.2, 0.25) is 0 Å². The minimum Gasteiger partial charge on any atom is -0.398 e. The van der Waals surface area contributed by atoms with Gasteiger partial charge >= 0.3 is 0 Å². The largest absolute Gasteiger partial charge is 0.398 e. The second-order valence-electron chi connectivity index (χ2n) is 9.12. The zero-order chi connectivity index (χ0) is 26.6. The number of nitrogens with one attached hydrogen (secondary N) is 1. The predicted octanol–water partition coefficient (Wildman–Crippen LogP) is 4.17. The van der Waals surface area contributed by atoms with E-state index in [-0.39, 0.29) is 24.5 Å². The zero-order valence-electron chi connectivity index (χ0n) is 20.3. The van der Waals surface area contributed by atoms with Crippen LogP contribution in [0.15, 0.2) is 71.0 Å². The fraction of sp³-hybridized carbons (Fsp3) is 0.259. The number of hydrogen-bond donors (Lipinski definition) is 3. The van der Waals surface area contributed by atoms with E-state index in [9.17, 15) is 13.2 Å². The first kappa shape index (κ1) is 26.0. The van der Waals surface area contributed by atoms with E-state index in [0.717, 1.165) is 0 Å². The monoisotopic (exact) mass is 507 g/mol. The molecule has 1 saturated heterocycles. The first-order valence-electron chi connectivity index (χ1n) is 11.7. The Morgan fingerprint density at radius 2 is 1.95 bits per heavy atom. The summed E-state index contributed by atoms with van der Waals surface area (Å²) >= 11 is 0. The van der Waals surface area contributed by atoms with Crippen LogP contribution >= 0.6 is 0 Å². The average Bonchev–Trinajstić information content (AvgIpc) is 2.87. The Bertz CT molecular complexity index is 1320. The summed E-state index contributed by atoms with van der Waals surface area (Å²) in [5, 5.41) is 12.3. The van der Waals surface area contributed by atoms with Gasteiger partial charge in [0, 0.05) is 66.1 Å². The van der Waals surface area contributed by atoms with Crippen molar-refractivity contribution in [3.8, 4) is 0 Å². The molecule has 4 rings (SSSR count). The maximum Gasteiger partial charge on any atom is 0.262 e. The van der Waals surface area contributed by atoms with Crippen LogP contribution in [0.25, 0.3) is 0 Å². The van der Waals surface area contributed by atoms with Gasteiger partial charge in [-0.2, -0.15) is 5.10 Å². The number of pyridine rings is 1. The lowest BCUT2D eigenvalue weighted by Gasteiger charge is -2.36. The van der Waals surface area contributed by atoms with Crippen molar-refractivity contribution >= 4 is 23.3 Å². The lowest BCUT2D eigenvalue weighted by atomic mass is 9.98. The number of nitrogen functional groups attached to an aromatic ring is 1. The lowest BCUT2D eigenvalue weighted by Crippen LogP contribution is -2.48. The third-order valence-electron chi connectivity index (χ3n) is 6.33. The van der Waals surface area contributed by atoms with Crippen LogP contribution in [0.2, 0.25) is 0 Å². The number of nitrogens with two attached hydrogens (primary N) is 2. The second-order valence-corrected chi connectivity index (χ2v) is 9.12. The normalized spacial score (nSPS) is 18.3. The molecule has 3 aromatic rings. The van der Waals surface area contributed by atoms with Crippen molar-refractivity contribution in [3.63, 3.8) is 0 Å². The molecular weight excluding hydrogens is 479 g/mol. The van der Waals surface area contributed by atoms with Gasteiger partial charge in [-0.3, -0.25) is 20.3 Å². The van der Waals surface area contributed by atoms with E-state index in [1.165, 1.54) is 17.2 Å². The van der Waals surface area contributed by atoms with Crippen LogP contribution < -0.4 is 11.6 Å². The van der Waals surface area contributed by atoms with Gasteiger partial charge < -0.3 is 11.6 Å². The zero-order valence-corrected chi connectivity index (χ0v) is 20.3. The highest BCUT2D eigenvalue weighted by atomic mass is 19.3. The first-order chi connectivity index (χ1) is 17.7. The van der Waals surface area contributed by atoms with Gasteiger partial charge in [-0.25, -0.2) is 13.2 Å². The maximum atomic E-state index is 14.6.